The molecule has 8 heavy (non-hydrogen) atoms. The molecule has 0 saturated heterocycles. The fraction of sp³-hybridized carbons (Fsp3) is 0. The minimum Gasteiger partial charge on any atom is -0.577 e. The van der Waals surface area contributed by atoms with Crippen molar-refractivity contribution >= 4 is 47.1 Å². The first kappa shape index (κ1) is 12.4. The molecule has 0 rings (SSSR count). The first-order valence-corrected chi connectivity index (χ1v) is 13.9. The van der Waals surface area contributed by atoms with E-state index < -0.39 is 9.60 Å². The monoisotopic (exact) mass is 303 g/mol. The number of nitrogens with zero attached hydrogens (tertiary/aromatic N) is 1. The second-order valence-corrected chi connectivity index (χ2v) is 31.1. The van der Waals surface area contributed by atoms with Crippen LogP contribution in [0.15, 0.2) is 0 Å². The summed E-state index contributed by atoms with van der Waals surface area (Å²) in [5.41, 5.74) is 5.75. The molecule has 53 valence electrons. The zero-order chi connectivity index (χ0) is 7.45. The molecule has 0 aliphatic carbocycles. The van der Waals surface area contributed by atoms with E-state index in [1.807, 2.05) is 0 Å². The minimum absolute atomic E-state index is 4.26. The molecular weight excluding hydrogens is 303 g/mol. The van der Waals surface area contributed by atoms with E-state index in [1.165, 1.54) is 0 Å². The fourth-order valence-electron chi connectivity index (χ4n) is 0. The van der Waals surface area contributed by atoms with Gasteiger partial charge in [-0.3, -0.25) is 0 Å². The first-order chi connectivity index (χ1) is 3.24. The minimum atomic E-state index is -4.26. The third-order valence-electron chi connectivity index (χ3n) is 0. The number of rotatable bonds is 0. The van der Waals surface area contributed by atoms with Crippen LogP contribution in [0.4, 0.5) is 0 Å². The molecule has 0 aromatic carbocycles. The Balaban J connectivity index is 0. The predicted octanol–water partition coefficient (Wildman–Crippen LogP) is 3.77. The summed E-state index contributed by atoms with van der Waals surface area (Å²) in [6.45, 7) is 0. The van der Waals surface area contributed by atoms with Crippen molar-refractivity contribution in [3.05, 3.63) is 10.5 Å². The average Bonchev–Trinajstić information content (AvgIpc) is 1.33. The largest absolute Gasteiger partial charge is 0.577 e. The summed E-state index contributed by atoms with van der Waals surface area (Å²) in [4.78, 5) is 7.25. The van der Waals surface area contributed by atoms with Gasteiger partial charge in [0.05, 0.1) is 0 Å². The number of halogens is 5. The molecule has 0 aliphatic rings. The van der Waals surface area contributed by atoms with E-state index in [4.69, 9.17) is 57.6 Å². The molecule has 0 radical (unpaired) electrons. The first-order valence-electron chi connectivity index (χ1n) is 0.954. The van der Waals surface area contributed by atoms with Gasteiger partial charge in [-0.05, 0) is 0 Å². The standard InChI is InChI=1S/5ClH.Mo.NO/c;;;;;;1-2/h5*1H;;/q;;;;;+5;-1/p-5. The van der Waals surface area contributed by atoms with E-state index in [1.54, 1.807) is 0 Å². The summed E-state index contributed by atoms with van der Waals surface area (Å²) in [6.07, 6.45) is 0. The smallest absolute Gasteiger partial charge is 0.423 e. The predicted molar refractivity (Wildman–Crippen MR) is 36.0 cm³/mol. The van der Waals surface area contributed by atoms with Crippen molar-refractivity contribution in [2.75, 3.05) is 0 Å². The second kappa shape index (κ2) is 3.80. The van der Waals surface area contributed by atoms with Gasteiger partial charge in [-0.1, -0.05) is 0 Å². The molecule has 0 N–H and O–H groups in total. The molecule has 0 aromatic heterocycles. The Kier molecular flexibility index (Phi) is 5.89. The van der Waals surface area contributed by atoms with Crippen LogP contribution in [0, 0.1) is 4.91 Å². The molecular formula is Cl5MoNO-. The van der Waals surface area contributed by atoms with Crippen molar-refractivity contribution < 1.29 is 9.60 Å². The van der Waals surface area contributed by atoms with E-state index in [-0.39, 0.29) is 0 Å². The van der Waals surface area contributed by atoms with Gasteiger partial charge < -0.3 is 10.5 Å². The molecule has 0 bridgehead atoms. The van der Waals surface area contributed by atoms with Gasteiger partial charge in [0.1, 0.15) is 0 Å². The number of nitroso groups, excluding NO2 is 1. The van der Waals surface area contributed by atoms with E-state index in [0.717, 1.165) is 0 Å². The maximum atomic E-state index is 7.25. The summed E-state index contributed by atoms with van der Waals surface area (Å²) < 4.78 is 0. The van der Waals surface area contributed by atoms with Crippen LogP contribution in [0.5, 0.6) is 0 Å². The van der Waals surface area contributed by atoms with Gasteiger partial charge in [-0.15, -0.1) is 0 Å². The molecule has 0 aliphatic heterocycles. The van der Waals surface area contributed by atoms with Gasteiger partial charge in [0.25, 0.3) is 0 Å². The molecule has 0 heterocycles. The van der Waals surface area contributed by atoms with E-state index in [9.17, 15) is 0 Å². The SMILES string of the molecule is [Cl][Mo]([Cl])([Cl])([Cl])[Cl].[N-]=O. The van der Waals surface area contributed by atoms with Crippen LogP contribution in [-0.2, 0) is 9.60 Å². The fourth-order valence-corrected chi connectivity index (χ4v) is 0. The molecule has 0 saturated carbocycles. The van der Waals surface area contributed by atoms with Crippen LogP contribution in [0.3, 0.4) is 0 Å². The topological polar surface area (TPSA) is 39.4 Å². The Bertz CT molecular complexity index is 55.3. The molecule has 0 fully saturated rings. The van der Waals surface area contributed by atoms with Crippen molar-refractivity contribution in [2.45, 2.75) is 0 Å². The van der Waals surface area contributed by atoms with E-state index in [0.29, 0.717) is 0 Å². The quantitative estimate of drug-likeness (QED) is 0.628. The van der Waals surface area contributed by atoms with Crippen molar-refractivity contribution in [3.8, 4) is 0 Å². The second-order valence-electron chi connectivity index (χ2n) is 0.583. The molecule has 8 heteroatoms. The van der Waals surface area contributed by atoms with Crippen molar-refractivity contribution in [1.29, 1.82) is 0 Å². The van der Waals surface area contributed by atoms with Crippen molar-refractivity contribution in [1.82, 2.24) is 0 Å². The number of hydrogen-bond donors (Lipinski definition) is 0. The molecule has 0 spiro atoms. The Hall–Kier alpha value is 1.74. The summed E-state index contributed by atoms with van der Waals surface area (Å²) in [6, 6.07) is 0. The molecule has 0 unspecified atom stereocenters. The summed E-state index contributed by atoms with van der Waals surface area (Å²) in [7, 11) is 20.9. The zero-order valence-corrected chi connectivity index (χ0v) is 8.94. The van der Waals surface area contributed by atoms with Gasteiger partial charge in [-0.25, -0.2) is 0 Å². The van der Waals surface area contributed by atoms with Gasteiger partial charge >= 0.3 is 56.7 Å². The Morgan fingerprint density at radius 2 is 0.875 bits per heavy atom. The van der Waals surface area contributed by atoms with Crippen LogP contribution in [0.25, 0.3) is 5.59 Å². The molecule has 0 atom stereocenters. The molecule has 2 nitrogen and oxygen atoms in total. The summed E-state index contributed by atoms with van der Waals surface area (Å²) in [5, 5.41) is 0. The van der Waals surface area contributed by atoms with Gasteiger partial charge in [0.2, 0.25) is 0 Å². The van der Waals surface area contributed by atoms with Gasteiger partial charge in [0.15, 0.2) is 0 Å². The maximum absolute atomic E-state index is 7.25. The van der Waals surface area contributed by atoms with Crippen molar-refractivity contribution in [2.24, 2.45) is 0 Å². The Labute approximate surface area is 66.6 Å². The normalized spacial score (nSPS) is 14.9. The van der Waals surface area contributed by atoms with Crippen molar-refractivity contribution in [3.63, 3.8) is 0 Å². The third-order valence-corrected chi connectivity index (χ3v) is 0. The maximum Gasteiger partial charge on any atom is -0.423 e. The van der Waals surface area contributed by atoms with Gasteiger partial charge in [0, 0.05) is 0 Å². The van der Waals surface area contributed by atoms with Crippen LogP contribution in [0.2, 0.25) is 0 Å². The third kappa shape index (κ3) is 116. The van der Waals surface area contributed by atoms with E-state index >= 15 is 0 Å². The zero-order valence-electron chi connectivity index (χ0n) is 3.15. The number of hydrogen-bond acceptors (Lipinski definition) is 1. The van der Waals surface area contributed by atoms with Gasteiger partial charge in [-0.2, -0.15) is 0 Å². The summed E-state index contributed by atoms with van der Waals surface area (Å²) >= 11 is 0. The average molecular weight is 303 g/mol. The van der Waals surface area contributed by atoms with E-state index in [2.05, 4.69) is 0 Å². The van der Waals surface area contributed by atoms with Crippen LogP contribution >= 0.6 is 47.1 Å². The van der Waals surface area contributed by atoms with Crippen LogP contribution < -0.4 is 0 Å². The van der Waals surface area contributed by atoms with Crippen LogP contribution in [-0.4, -0.2) is 0 Å². The Morgan fingerprint density at radius 1 is 0.875 bits per heavy atom. The molecule has 0 aromatic rings. The van der Waals surface area contributed by atoms with Crippen LogP contribution in [0.1, 0.15) is 0 Å². The Morgan fingerprint density at radius 3 is 0.875 bits per heavy atom. The summed E-state index contributed by atoms with van der Waals surface area (Å²) in [5.74, 6) is 0. The molecule has 0 amide bonds.